The molecule has 0 amide bonds. The summed E-state index contributed by atoms with van der Waals surface area (Å²) < 4.78 is 10.8. The molecule has 1 saturated heterocycles. The Balaban J connectivity index is 1.31. The summed E-state index contributed by atoms with van der Waals surface area (Å²) in [7, 11) is 0. The number of piperidine rings is 1. The van der Waals surface area contributed by atoms with Gasteiger partial charge in [0.1, 0.15) is 6.73 Å². The van der Waals surface area contributed by atoms with E-state index in [1.807, 2.05) is 0 Å². The lowest BCUT2D eigenvalue weighted by Gasteiger charge is -2.21. The summed E-state index contributed by atoms with van der Waals surface area (Å²) in [5.41, 5.74) is 1.70. The van der Waals surface area contributed by atoms with E-state index in [1.54, 1.807) is 0 Å². The van der Waals surface area contributed by atoms with Gasteiger partial charge in [0.05, 0.1) is 13.0 Å². The zero-order valence-electron chi connectivity index (χ0n) is 15.4. The highest BCUT2D eigenvalue weighted by molar-refractivity contribution is 5.83. The van der Waals surface area contributed by atoms with Crippen molar-refractivity contribution in [2.75, 3.05) is 33.0 Å². The molecule has 4 heteroatoms. The van der Waals surface area contributed by atoms with E-state index in [0.717, 1.165) is 19.5 Å². The first-order valence-corrected chi connectivity index (χ1v) is 9.66. The molecule has 0 aromatic heterocycles. The number of nitrogens with zero attached hydrogens (tertiary/aromatic N) is 1. The minimum Gasteiger partial charge on any atom is -0.449 e. The third kappa shape index (κ3) is 3.49. The smallest absolute Gasteiger partial charge is 0.309 e. The van der Waals surface area contributed by atoms with Gasteiger partial charge in [0.15, 0.2) is 0 Å². The first-order chi connectivity index (χ1) is 12.7. The van der Waals surface area contributed by atoms with Crippen LogP contribution in [0.15, 0.2) is 42.5 Å². The highest BCUT2D eigenvalue weighted by atomic mass is 16.5. The summed E-state index contributed by atoms with van der Waals surface area (Å²) >= 11 is 0. The molecular weight excluding hydrogens is 326 g/mol. The molecule has 2 atom stereocenters. The van der Waals surface area contributed by atoms with Gasteiger partial charge < -0.3 is 9.47 Å². The number of fused-ring (bicyclic) bond motifs is 2. The zero-order valence-corrected chi connectivity index (χ0v) is 15.4. The number of ether oxygens (including phenoxy) is 2. The van der Waals surface area contributed by atoms with E-state index in [2.05, 4.69) is 54.3 Å². The minimum atomic E-state index is -0.165. The van der Waals surface area contributed by atoms with Crippen molar-refractivity contribution < 1.29 is 14.3 Å². The van der Waals surface area contributed by atoms with Crippen LogP contribution in [0.2, 0.25) is 0 Å². The third-order valence-electron chi connectivity index (χ3n) is 5.75. The van der Waals surface area contributed by atoms with Gasteiger partial charge in [-0.25, -0.2) is 0 Å². The van der Waals surface area contributed by atoms with Crippen molar-refractivity contribution in [1.82, 2.24) is 4.90 Å². The van der Waals surface area contributed by atoms with E-state index < -0.39 is 0 Å². The maximum Gasteiger partial charge on any atom is 0.309 e. The molecule has 4 nitrogen and oxygen atoms in total. The van der Waals surface area contributed by atoms with Crippen molar-refractivity contribution in [3.8, 4) is 0 Å². The molecule has 2 aromatic carbocycles. The van der Waals surface area contributed by atoms with Crippen molar-refractivity contribution in [2.24, 2.45) is 5.92 Å². The van der Waals surface area contributed by atoms with E-state index in [9.17, 15) is 4.79 Å². The molecular formula is C22H27NO3. The Morgan fingerprint density at radius 1 is 1.19 bits per heavy atom. The lowest BCUT2D eigenvalue weighted by Crippen LogP contribution is -2.30. The van der Waals surface area contributed by atoms with Crippen molar-refractivity contribution in [1.29, 1.82) is 0 Å². The van der Waals surface area contributed by atoms with Gasteiger partial charge in [-0.3, -0.25) is 9.69 Å². The molecule has 0 bridgehead atoms. The maximum atomic E-state index is 11.8. The van der Waals surface area contributed by atoms with Gasteiger partial charge in [-0.2, -0.15) is 0 Å². The Hall–Kier alpha value is -1.91. The molecule has 0 spiro atoms. The highest BCUT2D eigenvalue weighted by Crippen LogP contribution is 2.59. The summed E-state index contributed by atoms with van der Waals surface area (Å²) in [5, 5.41) is 2.60. The highest BCUT2D eigenvalue weighted by Gasteiger charge is 2.60. The number of rotatable bonds is 8. The van der Waals surface area contributed by atoms with Crippen LogP contribution in [0.1, 0.15) is 31.7 Å². The van der Waals surface area contributed by atoms with Gasteiger partial charge in [0, 0.05) is 25.1 Å². The molecule has 2 fully saturated rings. The van der Waals surface area contributed by atoms with Gasteiger partial charge in [0.25, 0.3) is 0 Å². The van der Waals surface area contributed by atoms with Gasteiger partial charge in [0.2, 0.25) is 0 Å². The molecule has 0 radical (unpaired) electrons. The molecule has 0 N–H and O–H groups in total. The second-order valence-corrected chi connectivity index (χ2v) is 7.64. The SMILES string of the molecule is CCCOCCC(=O)OCN1C[C@H]2C[C@@]2(c2ccc3ccccc3c2)C1. The van der Waals surface area contributed by atoms with Crippen LogP contribution < -0.4 is 0 Å². The third-order valence-corrected chi connectivity index (χ3v) is 5.75. The predicted molar refractivity (Wildman–Crippen MR) is 102 cm³/mol. The van der Waals surface area contributed by atoms with Crippen LogP contribution in [0.25, 0.3) is 10.8 Å². The normalized spacial score (nSPS) is 24.6. The van der Waals surface area contributed by atoms with E-state index >= 15 is 0 Å². The van der Waals surface area contributed by atoms with Crippen molar-refractivity contribution in [3.63, 3.8) is 0 Å². The second kappa shape index (κ2) is 7.37. The van der Waals surface area contributed by atoms with E-state index in [4.69, 9.17) is 9.47 Å². The van der Waals surface area contributed by atoms with Crippen LogP contribution in [0, 0.1) is 5.92 Å². The molecule has 4 rings (SSSR count). The molecule has 1 aliphatic heterocycles. The van der Waals surface area contributed by atoms with Crippen molar-refractivity contribution in [3.05, 3.63) is 48.0 Å². The van der Waals surface area contributed by atoms with Crippen LogP contribution in [0.3, 0.4) is 0 Å². The number of esters is 1. The van der Waals surface area contributed by atoms with Gasteiger partial charge >= 0.3 is 5.97 Å². The van der Waals surface area contributed by atoms with Gasteiger partial charge in [-0.15, -0.1) is 0 Å². The Morgan fingerprint density at radius 3 is 2.88 bits per heavy atom. The van der Waals surface area contributed by atoms with Crippen LogP contribution in [-0.4, -0.2) is 43.9 Å². The average molecular weight is 353 g/mol. The van der Waals surface area contributed by atoms with Crippen molar-refractivity contribution >= 4 is 16.7 Å². The molecule has 26 heavy (non-hydrogen) atoms. The topological polar surface area (TPSA) is 38.8 Å². The summed E-state index contributed by atoms with van der Waals surface area (Å²) in [6.45, 7) is 5.62. The molecule has 1 saturated carbocycles. The standard InChI is InChI=1S/C22H27NO3/c1-2-10-25-11-9-21(24)26-16-23-14-20-13-22(20,15-23)19-8-7-17-5-3-4-6-18(17)12-19/h3-8,12,20H,2,9-11,13-16H2,1H3/t20-,22+/m1/s1. The van der Waals surface area contributed by atoms with Crippen molar-refractivity contribution in [2.45, 2.75) is 31.6 Å². The number of carbonyl (C=O) groups is 1. The molecule has 1 heterocycles. The molecule has 2 aromatic rings. The number of likely N-dealkylation sites (tertiary alicyclic amines) is 1. The predicted octanol–water partition coefficient (Wildman–Crippen LogP) is 3.73. The average Bonchev–Trinajstić information content (AvgIpc) is 3.25. The number of carbonyl (C=O) groups excluding carboxylic acids is 1. The summed E-state index contributed by atoms with van der Waals surface area (Å²) in [5.74, 6) is 0.525. The first kappa shape index (κ1) is 17.5. The van der Waals surface area contributed by atoms with Gasteiger partial charge in [-0.1, -0.05) is 49.4 Å². The first-order valence-electron chi connectivity index (χ1n) is 9.66. The number of benzene rings is 2. The van der Waals surface area contributed by atoms with Crippen LogP contribution in [0.5, 0.6) is 0 Å². The van der Waals surface area contributed by atoms with E-state index in [1.165, 1.54) is 22.8 Å². The quantitative estimate of drug-likeness (QED) is 0.535. The maximum absolute atomic E-state index is 11.8. The second-order valence-electron chi connectivity index (χ2n) is 7.64. The molecule has 1 aliphatic carbocycles. The number of hydrogen-bond donors (Lipinski definition) is 0. The molecule has 0 unspecified atom stereocenters. The fourth-order valence-corrected chi connectivity index (χ4v) is 4.27. The largest absolute Gasteiger partial charge is 0.449 e. The Bertz CT molecular complexity index is 790. The van der Waals surface area contributed by atoms with E-state index in [0.29, 0.717) is 32.3 Å². The van der Waals surface area contributed by atoms with Crippen LogP contribution >= 0.6 is 0 Å². The van der Waals surface area contributed by atoms with E-state index in [-0.39, 0.29) is 11.4 Å². The molecule has 2 aliphatic rings. The zero-order chi connectivity index (χ0) is 18.0. The van der Waals surface area contributed by atoms with Crippen LogP contribution in [-0.2, 0) is 19.7 Å². The summed E-state index contributed by atoms with van der Waals surface area (Å²) in [6.07, 6.45) is 2.56. The lowest BCUT2D eigenvalue weighted by atomic mass is 9.93. The Morgan fingerprint density at radius 2 is 2.04 bits per heavy atom. The lowest BCUT2D eigenvalue weighted by molar-refractivity contribution is -0.149. The minimum absolute atomic E-state index is 0.165. The Kier molecular flexibility index (Phi) is 4.96. The summed E-state index contributed by atoms with van der Waals surface area (Å²) in [4.78, 5) is 14.1. The monoisotopic (exact) mass is 353 g/mol. The fraction of sp³-hybridized carbons (Fsp3) is 0.500. The van der Waals surface area contributed by atoms with Gasteiger partial charge in [-0.05, 0) is 35.1 Å². The summed E-state index contributed by atoms with van der Waals surface area (Å²) in [6, 6.07) is 15.4. The molecule has 138 valence electrons. The Labute approximate surface area is 155 Å². The number of hydrogen-bond acceptors (Lipinski definition) is 4. The fourth-order valence-electron chi connectivity index (χ4n) is 4.27. The van der Waals surface area contributed by atoms with Crippen LogP contribution in [0.4, 0.5) is 0 Å².